The summed E-state index contributed by atoms with van der Waals surface area (Å²) in [6.07, 6.45) is 1.54. The van der Waals surface area contributed by atoms with E-state index in [4.69, 9.17) is 9.47 Å². The van der Waals surface area contributed by atoms with Crippen molar-refractivity contribution in [3.8, 4) is 11.5 Å². The number of carbonyl (C=O) groups excluding carboxylic acids is 1. The molecule has 0 saturated heterocycles. The zero-order valence-electron chi connectivity index (χ0n) is 15.3. The van der Waals surface area contributed by atoms with Gasteiger partial charge in [0.2, 0.25) is 0 Å². The van der Waals surface area contributed by atoms with Crippen molar-refractivity contribution in [1.82, 2.24) is 5.43 Å². The van der Waals surface area contributed by atoms with E-state index in [0.29, 0.717) is 23.7 Å². The second-order valence-electron chi connectivity index (χ2n) is 5.86. The average Bonchev–Trinajstić information content (AvgIpc) is 2.73. The molecule has 3 aromatic carbocycles. The molecule has 28 heavy (non-hydrogen) atoms. The summed E-state index contributed by atoms with van der Waals surface area (Å²) in [5, 5.41) is 4.04. The summed E-state index contributed by atoms with van der Waals surface area (Å²) in [5.41, 5.74) is 4.71. The first-order valence-electron chi connectivity index (χ1n) is 8.60. The maximum atomic E-state index is 12.6. The van der Waals surface area contributed by atoms with Gasteiger partial charge in [-0.1, -0.05) is 58.4 Å². The summed E-state index contributed by atoms with van der Waals surface area (Å²) in [6.45, 7) is 0.368. The number of benzene rings is 3. The maximum absolute atomic E-state index is 12.6. The molecule has 0 aromatic heterocycles. The highest BCUT2D eigenvalue weighted by Crippen LogP contribution is 2.24. The number of rotatable bonds is 7. The highest BCUT2D eigenvalue weighted by atomic mass is 79.9. The second kappa shape index (κ2) is 9.71. The highest BCUT2D eigenvalue weighted by Gasteiger charge is 2.13. The smallest absolute Gasteiger partial charge is 0.275 e. The Morgan fingerprint density at radius 3 is 2.57 bits per heavy atom. The lowest BCUT2D eigenvalue weighted by molar-refractivity contribution is 0.0950. The number of nitrogens with one attached hydrogen (secondary N) is 1. The predicted molar refractivity (Wildman–Crippen MR) is 113 cm³/mol. The van der Waals surface area contributed by atoms with E-state index in [9.17, 15) is 4.79 Å². The molecule has 0 aliphatic carbocycles. The van der Waals surface area contributed by atoms with Gasteiger partial charge >= 0.3 is 0 Å². The molecule has 0 heterocycles. The van der Waals surface area contributed by atoms with Gasteiger partial charge in [-0.2, -0.15) is 5.10 Å². The molecular formula is C22H19BrN2O3. The number of carbonyl (C=O) groups is 1. The third kappa shape index (κ3) is 5.20. The molecule has 142 valence electrons. The number of para-hydroxylation sites is 1. The van der Waals surface area contributed by atoms with E-state index in [1.165, 1.54) is 0 Å². The summed E-state index contributed by atoms with van der Waals surface area (Å²) in [6, 6.07) is 22.5. The van der Waals surface area contributed by atoms with Gasteiger partial charge in [0.15, 0.2) is 0 Å². The van der Waals surface area contributed by atoms with Crippen LogP contribution in [0.1, 0.15) is 21.5 Å². The van der Waals surface area contributed by atoms with E-state index in [-0.39, 0.29) is 5.91 Å². The summed E-state index contributed by atoms with van der Waals surface area (Å²) < 4.78 is 11.9. The van der Waals surface area contributed by atoms with Crippen LogP contribution in [0.15, 0.2) is 82.4 Å². The summed E-state index contributed by atoms with van der Waals surface area (Å²) in [5.74, 6) is 0.794. The largest absolute Gasteiger partial charge is 0.496 e. The fraction of sp³-hybridized carbons (Fsp3) is 0.0909. The standard InChI is InChI=1S/C22H19BrN2O3/c1-27-20-10-6-5-9-17(20)14-24-25-22(26)19-13-18(23)11-12-21(19)28-15-16-7-3-2-4-8-16/h2-14H,15H2,1H3,(H,25,26)/b24-14+. The lowest BCUT2D eigenvalue weighted by atomic mass is 10.2. The number of ether oxygens (including phenoxy) is 2. The summed E-state index contributed by atoms with van der Waals surface area (Å²) >= 11 is 3.39. The Labute approximate surface area is 172 Å². The molecule has 0 spiro atoms. The van der Waals surface area contributed by atoms with E-state index in [2.05, 4.69) is 26.5 Å². The number of hydrazone groups is 1. The summed E-state index contributed by atoms with van der Waals surface area (Å²) in [7, 11) is 1.59. The number of amides is 1. The molecule has 0 saturated carbocycles. The van der Waals surface area contributed by atoms with Crippen molar-refractivity contribution in [2.75, 3.05) is 7.11 Å². The topological polar surface area (TPSA) is 59.9 Å². The zero-order valence-corrected chi connectivity index (χ0v) is 16.8. The molecule has 0 unspecified atom stereocenters. The van der Waals surface area contributed by atoms with Gasteiger partial charge in [-0.05, 0) is 35.9 Å². The van der Waals surface area contributed by atoms with Crippen LogP contribution in [0.25, 0.3) is 0 Å². The van der Waals surface area contributed by atoms with Gasteiger partial charge in [-0.25, -0.2) is 5.43 Å². The SMILES string of the molecule is COc1ccccc1/C=N/NC(=O)c1cc(Br)ccc1OCc1ccccc1. The van der Waals surface area contributed by atoms with Gasteiger partial charge in [-0.3, -0.25) is 4.79 Å². The fourth-order valence-electron chi connectivity index (χ4n) is 2.53. The maximum Gasteiger partial charge on any atom is 0.275 e. The number of methoxy groups -OCH3 is 1. The Morgan fingerprint density at radius 1 is 1.04 bits per heavy atom. The quantitative estimate of drug-likeness (QED) is 0.425. The number of nitrogens with zero attached hydrogens (tertiary/aromatic N) is 1. The first kappa shape index (κ1) is 19.6. The molecule has 1 N–H and O–H groups in total. The minimum atomic E-state index is -0.365. The number of halogens is 1. The molecule has 1 amide bonds. The van der Waals surface area contributed by atoms with Crippen LogP contribution in [0.4, 0.5) is 0 Å². The molecule has 0 bridgehead atoms. The minimum Gasteiger partial charge on any atom is -0.496 e. The van der Waals surface area contributed by atoms with Crippen molar-refractivity contribution in [3.63, 3.8) is 0 Å². The molecule has 0 fully saturated rings. The van der Waals surface area contributed by atoms with Crippen molar-refractivity contribution in [2.24, 2.45) is 5.10 Å². The van der Waals surface area contributed by atoms with Crippen LogP contribution in [-0.4, -0.2) is 19.2 Å². The lowest BCUT2D eigenvalue weighted by Gasteiger charge is -2.11. The van der Waals surface area contributed by atoms with Crippen LogP contribution in [0.5, 0.6) is 11.5 Å². The van der Waals surface area contributed by atoms with Gasteiger partial charge < -0.3 is 9.47 Å². The van der Waals surface area contributed by atoms with Crippen LogP contribution in [-0.2, 0) is 6.61 Å². The Kier molecular flexibility index (Phi) is 6.81. The van der Waals surface area contributed by atoms with E-state index >= 15 is 0 Å². The fourth-order valence-corrected chi connectivity index (χ4v) is 2.90. The normalized spacial score (nSPS) is 10.6. The van der Waals surface area contributed by atoms with E-state index in [1.54, 1.807) is 25.5 Å². The van der Waals surface area contributed by atoms with Crippen molar-refractivity contribution in [3.05, 3.63) is 94.0 Å². The monoisotopic (exact) mass is 438 g/mol. The first-order chi connectivity index (χ1) is 13.7. The van der Waals surface area contributed by atoms with Gasteiger partial charge in [0.25, 0.3) is 5.91 Å². The lowest BCUT2D eigenvalue weighted by Crippen LogP contribution is -2.19. The van der Waals surface area contributed by atoms with Gasteiger partial charge in [0, 0.05) is 10.0 Å². The molecule has 3 aromatic rings. The molecule has 6 heteroatoms. The molecule has 0 aliphatic rings. The molecule has 0 atom stereocenters. The van der Waals surface area contributed by atoms with Crippen LogP contribution in [0.2, 0.25) is 0 Å². The van der Waals surface area contributed by atoms with Crippen LogP contribution < -0.4 is 14.9 Å². The second-order valence-corrected chi connectivity index (χ2v) is 6.77. The molecule has 0 radical (unpaired) electrons. The van der Waals surface area contributed by atoms with Crippen LogP contribution in [0, 0.1) is 0 Å². The van der Waals surface area contributed by atoms with Crippen molar-refractivity contribution >= 4 is 28.1 Å². The van der Waals surface area contributed by atoms with Gasteiger partial charge in [-0.15, -0.1) is 0 Å². The Hall–Kier alpha value is -3.12. The minimum absolute atomic E-state index is 0.365. The summed E-state index contributed by atoms with van der Waals surface area (Å²) in [4.78, 5) is 12.6. The molecule has 3 rings (SSSR count). The Balaban J connectivity index is 1.72. The predicted octanol–water partition coefficient (Wildman–Crippen LogP) is 4.80. The Morgan fingerprint density at radius 2 is 1.79 bits per heavy atom. The highest BCUT2D eigenvalue weighted by molar-refractivity contribution is 9.10. The third-order valence-corrected chi connectivity index (χ3v) is 4.43. The van der Waals surface area contributed by atoms with Crippen molar-refractivity contribution in [1.29, 1.82) is 0 Å². The van der Waals surface area contributed by atoms with Gasteiger partial charge in [0.1, 0.15) is 18.1 Å². The molecular weight excluding hydrogens is 420 g/mol. The Bertz CT molecular complexity index is 975. The first-order valence-corrected chi connectivity index (χ1v) is 9.39. The van der Waals surface area contributed by atoms with Gasteiger partial charge in [0.05, 0.1) is 18.9 Å². The zero-order chi connectivity index (χ0) is 19.8. The van der Waals surface area contributed by atoms with E-state index in [1.807, 2.05) is 60.7 Å². The van der Waals surface area contributed by atoms with E-state index < -0.39 is 0 Å². The van der Waals surface area contributed by atoms with Crippen LogP contribution >= 0.6 is 15.9 Å². The third-order valence-electron chi connectivity index (χ3n) is 3.93. The van der Waals surface area contributed by atoms with E-state index in [0.717, 1.165) is 15.6 Å². The number of hydrogen-bond donors (Lipinski definition) is 1. The van der Waals surface area contributed by atoms with Crippen molar-refractivity contribution in [2.45, 2.75) is 6.61 Å². The average molecular weight is 439 g/mol. The molecule has 5 nitrogen and oxygen atoms in total. The van der Waals surface area contributed by atoms with Crippen molar-refractivity contribution < 1.29 is 14.3 Å². The van der Waals surface area contributed by atoms with Crippen LogP contribution in [0.3, 0.4) is 0 Å². The number of hydrogen-bond acceptors (Lipinski definition) is 4. The molecule has 0 aliphatic heterocycles.